The fraction of sp³-hybridized carbons (Fsp3) is 0. The third-order valence-corrected chi connectivity index (χ3v) is 12.0. The zero-order chi connectivity index (χ0) is 31.3. The number of anilines is 3. The molecule has 0 atom stereocenters. The fourth-order valence-electron chi connectivity index (χ4n) is 7.66. The van der Waals surface area contributed by atoms with Gasteiger partial charge >= 0.3 is 0 Å². The van der Waals surface area contributed by atoms with Gasteiger partial charge in [-0.3, -0.25) is 0 Å². The van der Waals surface area contributed by atoms with Gasteiger partial charge in [-0.05, 0) is 82.9 Å². The summed E-state index contributed by atoms with van der Waals surface area (Å²) in [5.41, 5.74) is 5.32. The highest BCUT2D eigenvalue weighted by atomic mass is 32.1. The fourth-order valence-corrected chi connectivity index (χ4v) is 9.97. The van der Waals surface area contributed by atoms with Crippen molar-refractivity contribution in [2.75, 3.05) is 4.90 Å². The summed E-state index contributed by atoms with van der Waals surface area (Å²) in [7, 11) is 0. The van der Waals surface area contributed by atoms with Crippen LogP contribution in [0.4, 0.5) is 17.1 Å². The predicted molar refractivity (Wildman–Crippen MR) is 209 cm³/mol. The van der Waals surface area contributed by atoms with Gasteiger partial charge in [0, 0.05) is 67.9 Å². The van der Waals surface area contributed by atoms with Crippen LogP contribution in [0.15, 0.2) is 156 Å². The molecule has 2 nitrogen and oxygen atoms in total. The zero-order valence-corrected chi connectivity index (χ0v) is 27.2. The van der Waals surface area contributed by atoms with Crippen LogP contribution in [-0.2, 0) is 0 Å². The van der Waals surface area contributed by atoms with E-state index >= 15 is 0 Å². The number of thiophene rings is 2. The molecule has 3 aromatic heterocycles. The summed E-state index contributed by atoms with van der Waals surface area (Å²) in [4.78, 5) is 2.44. The van der Waals surface area contributed by atoms with Gasteiger partial charge in [-0.1, -0.05) is 84.9 Å². The monoisotopic (exact) mass is 647 g/mol. The van der Waals surface area contributed by atoms with Gasteiger partial charge in [-0.25, -0.2) is 0 Å². The van der Waals surface area contributed by atoms with Crippen LogP contribution in [0.3, 0.4) is 0 Å². The molecule has 224 valence electrons. The normalized spacial score (nSPS) is 12.2. The molecule has 0 aliphatic heterocycles. The van der Waals surface area contributed by atoms with E-state index in [0.29, 0.717) is 0 Å². The van der Waals surface area contributed by atoms with Gasteiger partial charge in [0.25, 0.3) is 0 Å². The number of hydrogen-bond acceptors (Lipinski definition) is 4. The second-order valence-electron chi connectivity index (χ2n) is 12.5. The molecule has 48 heavy (non-hydrogen) atoms. The van der Waals surface area contributed by atoms with E-state index in [0.717, 1.165) is 33.3 Å². The van der Waals surface area contributed by atoms with Crippen molar-refractivity contribution in [1.82, 2.24) is 0 Å². The Kier molecular flexibility index (Phi) is 5.45. The molecule has 8 aromatic carbocycles. The van der Waals surface area contributed by atoms with Crippen LogP contribution in [0.1, 0.15) is 0 Å². The van der Waals surface area contributed by atoms with Gasteiger partial charge < -0.3 is 9.32 Å². The third kappa shape index (κ3) is 3.73. The molecule has 11 aromatic rings. The standard InChI is InChI=1S/C44H25NOS2/c1-2-12-29(13-3-1)45(30-18-20-32-34-23-27-10-4-5-11-28(27)24-39(34)48-40(32)25-30)35-15-8-16-37-42(35)43-38(47-37)22-21-36-41(43)33-19-17-26-9-6-7-14-31(26)44(33)46-36/h1-25H. The molecular formula is C44H25NOS2. The lowest BCUT2D eigenvalue weighted by Crippen LogP contribution is -2.10. The van der Waals surface area contributed by atoms with Gasteiger partial charge in [0.2, 0.25) is 0 Å². The molecule has 3 heterocycles. The van der Waals surface area contributed by atoms with Crippen LogP contribution >= 0.6 is 22.7 Å². The van der Waals surface area contributed by atoms with Crippen molar-refractivity contribution in [3.8, 4) is 0 Å². The number of benzene rings is 8. The molecule has 0 aliphatic carbocycles. The Hall–Kier alpha value is -5.68. The minimum absolute atomic E-state index is 0.925. The van der Waals surface area contributed by atoms with Gasteiger partial charge in [-0.2, -0.15) is 0 Å². The molecule has 4 heteroatoms. The van der Waals surface area contributed by atoms with Crippen molar-refractivity contribution in [2.24, 2.45) is 0 Å². The SMILES string of the molecule is c1ccc(N(c2ccc3c(c2)sc2cc4ccccc4cc23)c2cccc3sc4ccc5oc6c7ccccc7ccc6c5c4c23)cc1. The van der Waals surface area contributed by atoms with Crippen molar-refractivity contribution < 1.29 is 4.42 Å². The quantitative estimate of drug-likeness (QED) is 0.190. The maximum atomic E-state index is 6.66. The Morgan fingerprint density at radius 2 is 1.12 bits per heavy atom. The summed E-state index contributed by atoms with van der Waals surface area (Å²) < 4.78 is 11.8. The molecular weight excluding hydrogens is 623 g/mol. The second-order valence-corrected chi connectivity index (χ2v) is 14.6. The summed E-state index contributed by atoms with van der Waals surface area (Å²) in [5.74, 6) is 0. The van der Waals surface area contributed by atoms with E-state index in [1.165, 1.54) is 67.6 Å². The molecule has 0 bridgehead atoms. The van der Waals surface area contributed by atoms with Crippen LogP contribution in [0.5, 0.6) is 0 Å². The molecule has 0 fully saturated rings. The molecule has 11 rings (SSSR count). The van der Waals surface area contributed by atoms with Crippen molar-refractivity contribution in [2.45, 2.75) is 0 Å². The van der Waals surface area contributed by atoms with Crippen LogP contribution in [0.25, 0.3) is 83.8 Å². The van der Waals surface area contributed by atoms with E-state index in [4.69, 9.17) is 4.42 Å². The third-order valence-electron chi connectivity index (χ3n) is 9.80. The van der Waals surface area contributed by atoms with Gasteiger partial charge in [-0.15, -0.1) is 22.7 Å². The first-order chi connectivity index (χ1) is 23.8. The Bertz CT molecular complexity index is 3070. The van der Waals surface area contributed by atoms with E-state index < -0.39 is 0 Å². The molecule has 0 spiro atoms. The van der Waals surface area contributed by atoms with Crippen LogP contribution in [0, 0.1) is 0 Å². The number of rotatable bonds is 3. The van der Waals surface area contributed by atoms with Crippen molar-refractivity contribution >= 4 is 124 Å². The Labute approximate surface area is 283 Å². The minimum Gasteiger partial charge on any atom is -0.455 e. The summed E-state index contributed by atoms with van der Waals surface area (Å²) in [6.45, 7) is 0. The van der Waals surface area contributed by atoms with E-state index in [2.05, 4.69) is 157 Å². The van der Waals surface area contributed by atoms with Gasteiger partial charge in [0.15, 0.2) is 0 Å². The average Bonchev–Trinajstić information content (AvgIpc) is 3.82. The number of furan rings is 1. The number of fused-ring (bicyclic) bond motifs is 13. The first-order valence-electron chi connectivity index (χ1n) is 16.2. The Morgan fingerprint density at radius 3 is 2.02 bits per heavy atom. The Morgan fingerprint density at radius 1 is 0.396 bits per heavy atom. The minimum atomic E-state index is 0.925. The average molecular weight is 648 g/mol. The summed E-state index contributed by atoms with van der Waals surface area (Å²) in [6.07, 6.45) is 0. The molecule has 0 aliphatic rings. The largest absolute Gasteiger partial charge is 0.455 e. The summed E-state index contributed by atoms with van der Waals surface area (Å²) in [6, 6.07) is 55.2. The molecule has 0 unspecified atom stereocenters. The summed E-state index contributed by atoms with van der Waals surface area (Å²) >= 11 is 3.73. The molecule has 0 amide bonds. The maximum Gasteiger partial charge on any atom is 0.143 e. The van der Waals surface area contributed by atoms with Gasteiger partial charge in [0.1, 0.15) is 11.2 Å². The highest BCUT2D eigenvalue weighted by molar-refractivity contribution is 7.26. The van der Waals surface area contributed by atoms with E-state index in [-0.39, 0.29) is 0 Å². The Balaban J connectivity index is 1.21. The van der Waals surface area contributed by atoms with Crippen LogP contribution in [-0.4, -0.2) is 0 Å². The van der Waals surface area contributed by atoms with Crippen LogP contribution in [0.2, 0.25) is 0 Å². The smallest absolute Gasteiger partial charge is 0.143 e. The predicted octanol–water partition coefficient (Wildman–Crippen LogP) is 14.1. The van der Waals surface area contributed by atoms with Gasteiger partial charge in [0.05, 0.1) is 5.69 Å². The van der Waals surface area contributed by atoms with Crippen molar-refractivity contribution in [3.63, 3.8) is 0 Å². The van der Waals surface area contributed by atoms with E-state index in [1.54, 1.807) is 0 Å². The number of hydrogen-bond donors (Lipinski definition) is 0. The maximum absolute atomic E-state index is 6.66. The molecule has 0 saturated heterocycles. The lowest BCUT2D eigenvalue weighted by molar-refractivity contribution is 0.673. The molecule has 0 N–H and O–H groups in total. The zero-order valence-electron chi connectivity index (χ0n) is 25.6. The number of nitrogens with zero attached hydrogens (tertiary/aromatic N) is 1. The summed E-state index contributed by atoms with van der Waals surface area (Å²) in [5, 5.41) is 12.4. The van der Waals surface area contributed by atoms with E-state index in [1.807, 2.05) is 22.7 Å². The van der Waals surface area contributed by atoms with Crippen molar-refractivity contribution in [3.05, 3.63) is 152 Å². The highest BCUT2D eigenvalue weighted by Crippen LogP contribution is 2.50. The first kappa shape index (κ1) is 26.4. The molecule has 0 radical (unpaired) electrons. The van der Waals surface area contributed by atoms with E-state index in [9.17, 15) is 0 Å². The lowest BCUT2D eigenvalue weighted by Gasteiger charge is -2.26. The molecule has 0 saturated carbocycles. The topological polar surface area (TPSA) is 16.4 Å². The second kappa shape index (κ2) is 9.91. The lowest BCUT2D eigenvalue weighted by atomic mass is 10.0. The number of para-hydroxylation sites is 1. The first-order valence-corrected chi connectivity index (χ1v) is 17.8. The van der Waals surface area contributed by atoms with Crippen molar-refractivity contribution in [1.29, 1.82) is 0 Å². The van der Waals surface area contributed by atoms with Crippen LogP contribution < -0.4 is 4.90 Å². The highest BCUT2D eigenvalue weighted by Gasteiger charge is 2.22.